The van der Waals surface area contributed by atoms with Crippen molar-refractivity contribution in [3.05, 3.63) is 64.6 Å². The smallest absolute Gasteiger partial charge is 0.295 e. The number of ketones is 1. The molecule has 36 heavy (non-hydrogen) atoms. The Kier molecular flexibility index (Phi) is 7.03. The molecule has 9 nitrogen and oxygen atoms in total. The van der Waals surface area contributed by atoms with E-state index in [0.29, 0.717) is 47.1 Å². The number of rotatable bonds is 8. The molecule has 1 amide bonds. The Morgan fingerprint density at radius 1 is 1.11 bits per heavy atom. The quantitative estimate of drug-likeness (QED) is 0.293. The monoisotopic (exact) mass is 492 g/mol. The molecular formula is C27H32N4O5. The number of aliphatic hydroxyl groups is 1. The Balaban J connectivity index is 1.92. The minimum atomic E-state index is -0.790. The first-order valence-corrected chi connectivity index (χ1v) is 11.8. The maximum atomic E-state index is 13.4. The Hall–Kier alpha value is -3.85. The van der Waals surface area contributed by atoms with Gasteiger partial charge in [0.25, 0.3) is 11.7 Å². The van der Waals surface area contributed by atoms with Gasteiger partial charge in [-0.3, -0.25) is 14.0 Å². The number of fused-ring (bicyclic) bond motifs is 1. The van der Waals surface area contributed by atoms with Crippen LogP contribution in [-0.4, -0.2) is 77.4 Å². The minimum Gasteiger partial charge on any atom is -0.505 e. The van der Waals surface area contributed by atoms with Crippen molar-refractivity contribution in [2.24, 2.45) is 0 Å². The number of Topliss-reactive ketones (excluding diaryl/α,β-unsaturated/α-hetero) is 1. The number of likely N-dealkylation sites (tertiary alicyclic amines) is 1. The van der Waals surface area contributed by atoms with Crippen LogP contribution in [0.3, 0.4) is 0 Å². The molecule has 0 bridgehead atoms. The predicted octanol–water partition coefficient (Wildman–Crippen LogP) is 3.34. The molecule has 4 rings (SSSR count). The lowest BCUT2D eigenvalue weighted by Gasteiger charge is -2.26. The maximum absolute atomic E-state index is 13.4. The van der Waals surface area contributed by atoms with E-state index in [1.54, 1.807) is 42.8 Å². The summed E-state index contributed by atoms with van der Waals surface area (Å²) in [6.07, 6.45) is 2.45. The predicted molar refractivity (Wildman–Crippen MR) is 136 cm³/mol. The van der Waals surface area contributed by atoms with Crippen LogP contribution in [0.25, 0.3) is 11.4 Å². The highest BCUT2D eigenvalue weighted by molar-refractivity contribution is 6.46. The molecule has 1 saturated heterocycles. The zero-order chi connectivity index (χ0) is 26.1. The number of amides is 1. The zero-order valence-corrected chi connectivity index (χ0v) is 21.5. The van der Waals surface area contributed by atoms with Gasteiger partial charge in [-0.15, -0.1) is 0 Å². The number of aryl methyl sites for hydroxylation is 2. The van der Waals surface area contributed by atoms with Crippen LogP contribution < -0.4 is 9.47 Å². The Morgan fingerprint density at radius 3 is 2.50 bits per heavy atom. The van der Waals surface area contributed by atoms with Gasteiger partial charge >= 0.3 is 0 Å². The first-order valence-electron chi connectivity index (χ1n) is 11.8. The topological polar surface area (TPSA) is 96.6 Å². The third-order valence-corrected chi connectivity index (χ3v) is 6.51. The van der Waals surface area contributed by atoms with Crippen LogP contribution in [0.2, 0.25) is 0 Å². The number of nitrogens with zero attached hydrogens (tertiary/aromatic N) is 4. The van der Waals surface area contributed by atoms with Crippen LogP contribution in [0.4, 0.5) is 0 Å². The van der Waals surface area contributed by atoms with E-state index in [4.69, 9.17) is 9.47 Å². The van der Waals surface area contributed by atoms with Crippen LogP contribution in [0.15, 0.2) is 42.1 Å². The van der Waals surface area contributed by atoms with Gasteiger partial charge in [0.15, 0.2) is 17.3 Å². The molecule has 0 aliphatic carbocycles. The van der Waals surface area contributed by atoms with Gasteiger partial charge in [-0.05, 0) is 70.2 Å². The molecule has 1 unspecified atom stereocenters. The molecule has 1 fully saturated rings. The van der Waals surface area contributed by atoms with Crippen molar-refractivity contribution in [3.8, 4) is 11.5 Å². The van der Waals surface area contributed by atoms with Crippen molar-refractivity contribution in [2.45, 2.75) is 26.3 Å². The summed E-state index contributed by atoms with van der Waals surface area (Å²) in [5.41, 5.74) is 3.24. The number of benzene rings is 1. The molecule has 1 atom stereocenters. The van der Waals surface area contributed by atoms with Crippen LogP contribution in [0, 0.1) is 13.8 Å². The van der Waals surface area contributed by atoms with Crippen molar-refractivity contribution in [1.82, 2.24) is 19.2 Å². The third-order valence-electron chi connectivity index (χ3n) is 6.51. The van der Waals surface area contributed by atoms with Crippen molar-refractivity contribution < 1.29 is 24.2 Å². The fourth-order valence-corrected chi connectivity index (χ4v) is 4.77. The van der Waals surface area contributed by atoms with Gasteiger partial charge in [0.1, 0.15) is 11.3 Å². The zero-order valence-electron chi connectivity index (χ0n) is 21.5. The number of carbonyl (C=O) groups excluding carboxylic acids is 2. The van der Waals surface area contributed by atoms with Crippen LogP contribution in [0.1, 0.15) is 35.0 Å². The van der Waals surface area contributed by atoms with E-state index >= 15 is 0 Å². The van der Waals surface area contributed by atoms with E-state index in [9.17, 15) is 14.7 Å². The molecule has 9 heteroatoms. The van der Waals surface area contributed by atoms with Crippen molar-refractivity contribution >= 4 is 23.1 Å². The van der Waals surface area contributed by atoms with Gasteiger partial charge in [-0.1, -0.05) is 12.1 Å². The Morgan fingerprint density at radius 2 is 1.83 bits per heavy atom. The fraction of sp³-hybridized carbons (Fsp3) is 0.370. The molecule has 0 saturated carbocycles. The fourth-order valence-electron chi connectivity index (χ4n) is 4.77. The highest BCUT2D eigenvalue weighted by Gasteiger charge is 2.46. The lowest BCUT2D eigenvalue weighted by molar-refractivity contribution is -0.139. The number of imidazole rings is 1. The highest BCUT2D eigenvalue weighted by atomic mass is 16.5. The summed E-state index contributed by atoms with van der Waals surface area (Å²) in [6.45, 7) is 4.80. The minimum absolute atomic E-state index is 0.0310. The summed E-state index contributed by atoms with van der Waals surface area (Å²) in [7, 11) is 6.98. The lowest BCUT2D eigenvalue weighted by atomic mass is 9.95. The summed E-state index contributed by atoms with van der Waals surface area (Å²) in [4.78, 5) is 34.8. The molecular weight excluding hydrogens is 460 g/mol. The van der Waals surface area contributed by atoms with Crippen LogP contribution in [0.5, 0.6) is 11.5 Å². The van der Waals surface area contributed by atoms with Gasteiger partial charge in [-0.2, -0.15) is 0 Å². The number of aromatic nitrogens is 2. The molecule has 1 aromatic carbocycles. The van der Waals surface area contributed by atoms with Gasteiger partial charge in [-0.25, -0.2) is 4.98 Å². The second-order valence-electron chi connectivity index (χ2n) is 9.19. The normalized spacial score (nSPS) is 17.4. The molecule has 0 spiro atoms. The highest BCUT2D eigenvalue weighted by Crippen LogP contribution is 2.42. The maximum Gasteiger partial charge on any atom is 0.295 e. The third kappa shape index (κ3) is 4.30. The largest absolute Gasteiger partial charge is 0.505 e. The average Bonchev–Trinajstić information content (AvgIpc) is 3.32. The van der Waals surface area contributed by atoms with Crippen molar-refractivity contribution in [1.29, 1.82) is 0 Å². The van der Waals surface area contributed by atoms with Gasteiger partial charge < -0.3 is 24.4 Å². The van der Waals surface area contributed by atoms with Gasteiger partial charge in [0.05, 0.1) is 31.5 Å². The van der Waals surface area contributed by atoms with E-state index in [-0.39, 0.29) is 11.3 Å². The summed E-state index contributed by atoms with van der Waals surface area (Å²) in [5, 5.41) is 11.6. The summed E-state index contributed by atoms with van der Waals surface area (Å²) < 4.78 is 12.6. The first-order chi connectivity index (χ1) is 17.2. The molecule has 1 N–H and O–H groups in total. The number of pyridine rings is 1. The van der Waals surface area contributed by atoms with E-state index in [1.807, 2.05) is 38.1 Å². The van der Waals surface area contributed by atoms with Crippen LogP contribution in [-0.2, 0) is 9.59 Å². The molecule has 1 aliphatic heterocycles. The first kappa shape index (κ1) is 25.2. The number of carbonyl (C=O) groups is 2. The van der Waals surface area contributed by atoms with E-state index in [1.165, 1.54) is 12.0 Å². The van der Waals surface area contributed by atoms with E-state index < -0.39 is 17.7 Å². The lowest BCUT2D eigenvalue weighted by Crippen LogP contribution is -2.32. The van der Waals surface area contributed by atoms with Crippen LogP contribution >= 0.6 is 0 Å². The SMILES string of the molecule is COc1ccc(C2/C(=C(\O)c3c(C)nc4c(C)cccn34)C(=O)C(=O)N2CCCN(C)C)cc1OC. The molecule has 190 valence electrons. The molecule has 2 aromatic heterocycles. The second-order valence-corrected chi connectivity index (χ2v) is 9.19. The average molecular weight is 493 g/mol. The van der Waals surface area contributed by atoms with Gasteiger partial charge in [0, 0.05) is 12.7 Å². The van der Waals surface area contributed by atoms with E-state index in [2.05, 4.69) is 4.98 Å². The number of ether oxygens (including phenoxy) is 2. The molecule has 3 heterocycles. The summed E-state index contributed by atoms with van der Waals surface area (Å²) in [6, 6.07) is 8.26. The van der Waals surface area contributed by atoms with E-state index in [0.717, 1.165) is 12.1 Å². The molecule has 1 aliphatic rings. The number of hydrogen-bond acceptors (Lipinski definition) is 7. The number of aliphatic hydroxyl groups excluding tert-OH is 1. The molecule has 0 radical (unpaired) electrons. The second kappa shape index (κ2) is 10.0. The number of methoxy groups -OCH3 is 2. The summed E-state index contributed by atoms with van der Waals surface area (Å²) in [5.74, 6) is -0.620. The Bertz CT molecular complexity index is 1360. The Labute approximate surface area is 210 Å². The number of hydrogen-bond donors (Lipinski definition) is 1. The van der Waals surface area contributed by atoms with Gasteiger partial charge in [0.2, 0.25) is 0 Å². The van der Waals surface area contributed by atoms with Crippen molar-refractivity contribution in [2.75, 3.05) is 41.4 Å². The molecule has 3 aromatic rings. The van der Waals surface area contributed by atoms with Crippen molar-refractivity contribution in [3.63, 3.8) is 0 Å². The summed E-state index contributed by atoms with van der Waals surface area (Å²) >= 11 is 0. The standard InChI is InChI=1S/C27H32N4O5/c1-16-9-7-13-30-22(17(2)28-26(16)30)24(32)21-23(18-10-11-19(35-5)20(15-18)36-6)31(27(34)25(21)33)14-8-12-29(3)4/h7,9-11,13,15,23,32H,8,12,14H2,1-6H3/b24-21+.